The number of ether oxygens (including phenoxy) is 2. The highest BCUT2D eigenvalue weighted by Crippen LogP contribution is 2.23. The van der Waals surface area contributed by atoms with Crippen LogP contribution in [0.5, 0.6) is 0 Å². The SMILES string of the molecule is CO[Si](CC(C)C(C)OCC1CO1)(OC)OC. The predicted molar refractivity (Wildman–Crippen MR) is 65.9 cm³/mol. The van der Waals surface area contributed by atoms with Crippen molar-refractivity contribution < 1.29 is 22.8 Å². The lowest BCUT2D eigenvalue weighted by molar-refractivity contribution is 0.0187. The molecule has 1 heterocycles. The minimum absolute atomic E-state index is 0.145. The Morgan fingerprint density at radius 2 is 1.71 bits per heavy atom. The molecule has 1 rings (SSSR count). The van der Waals surface area contributed by atoms with E-state index in [1.54, 1.807) is 21.3 Å². The van der Waals surface area contributed by atoms with Gasteiger partial charge in [0, 0.05) is 27.4 Å². The van der Waals surface area contributed by atoms with Gasteiger partial charge in [-0.1, -0.05) is 6.92 Å². The Labute approximate surface area is 105 Å². The molecule has 0 radical (unpaired) electrons. The second-order valence-corrected chi connectivity index (χ2v) is 7.47. The van der Waals surface area contributed by atoms with Gasteiger partial charge in [-0.25, -0.2) is 0 Å². The number of hydrogen-bond donors (Lipinski definition) is 0. The van der Waals surface area contributed by atoms with Crippen molar-refractivity contribution in [1.29, 1.82) is 0 Å². The van der Waals surface area contributed by atoms with Crippen molar-refractivity contribution >= 4 is 8.80 Å². The van der Waals surface area contributed by atoms with E-state index in [2.05, 4.69) is 13.8 Å². The molecular weight excluding hydrogens is 240 g/mol. The quantitative estimate of drug-likeness (QED) is 0.464. The Balaban J connectivity index is 2.35. The maximum atomic E-state index is 5.74. The first-order valence-corrected chi connectivity index (χ1v) is 7.88. The van der Waals surface area contributed by atoms with Crippen LogP contribution in [0.25, 0.3) is 0 Å². The van der Waals surface area contributed by atoms with Crippen LogP contribution in [0.4, 0.5) is 0 Å². The van der Waals surface area contributed by atoms with Gasteiger partial charge in [0.2, 0.25) is 0 Å². The molecule has 6 heteroatoms. The molecule has 0 bridgehead atoms. The van der Waals surface area contributed by atoms with Gasteiger partial charge in [-0.15, -0.1) is 0 Å². The lowest BCUT2D eigenvalue weighted by Crippen LogP contribution is -2.45. The smallest absolute Gasteiger partial charge is 0.377 e. The van der Waals surface area contributed by atoms with Gasteiger partial charge in [0.15, 0.2) is 0 Å². The zero-order valence-corrected chi connectivity index (χ0v) is 12.4. The third-order valence-electron chi connectivity index (χ3n) is 3.25. The maximum absolute atomic E-state index is 5.74. The Hall–Kier alpha value is 0.0169. The molecule has 1 aliphatic rings. The fourth-order valence-corrected chi connectivity index (χ4v) is 3.77. The van der Waals surface area contributed by atoms with Crippen LogP contribution in [0.1, 0.15) is 13.8 Å². The minimum Gasteiger partial charge on any atom is -0.377 e. The van der Waals surface area contributed by atoms with Gasteiger partial charge in [0.05, 0.1) is 19.3 Å². The van der Waals surface area contributed by atoms with Crippen LogP contribution in [0.3, 0.4) is 0 Å². The Bertz CT molecular complexity index is 210. The molecule has 1 aliphatic heterocycles. The molecule has 0 aromatic carbocycles. The zero-order valence-electron chi connectivity index (χ0n) is 11.4. The average Bonchev–Trinajstić information content (AvgIpc) is 3.17. The van der Waals surface area contributed by atoms with Crippen LogP contribution in [0.2, 0.25) is 6.04 Å². The normalized spacial score (nSPS) is 23.5. The van der Waals surface area contributed by atoms with Gasteiger partial charge in [-0.3, -0.25) is 0 Å². The third kappa shape index (κ3) is 4.65. The second kappa shape index (κ2) is 6.82. The predicted octanol–water partition coefficient (Wildman–Crippen LogP) is 1.30. The van der Waals surface area contributed by atoms with E-state index in [1.165, 1.54) is 0 Å². The van der Waals surface area contributed by atoms with Crippen LogP contribution in [-0.4, -0.2) is 55.6 Å². The molecule has 102 valence electrons. The summed E-state index contributed by atoms with van der Waals surface area (Å²) >= 11 is 0. The summed E-state index contributed by atoms with van der Waals surface area (Å²) in [4.78, 5) is 0. The summed E-state index contributed by atoms with van der Waals surface area (Å²) in [6.07, 6.45) is 0.449. The first-order valence-electron chi connectivity index (χ1n) is 5.95. The van der Waals surface area contributed by atoms with Crippen LogP contribution in [0.15, 0.2) is 0 Å². The van der Waals surface area contributed by atoms with Crippen LogP contribution in [-0.2, 0) is 22.8 Å². The molecule has 0 aromatic rings. The van der Waals surface area contributed by atoms with Gasteiger partial charge in [0.1, 0.15) is 6.10 Å². The summed E-state index contributed by atoms with van der Waals surface area (Å²) < 4.78 is 27.1. The number of epoxide rings is 1. The molecule has 1 fully saturated rings. The Morgan fingerprint density at radius 1 is 1.18 bits per heavy atom. The van der Waals surface area contributed by atoms with Crippen molar-refractivity contribution in [3.05, 3.63) is 0 Å². The standard InChI is InChI=1S/C11H24O5Si/c1-9(8-17(12-3,13-4)14-5)10(2)15-6-11-7-16-11/h9-11H,6-8H2,1-5H3. The van der Waals surface area contributed by atoms with E-state index in [4.69, 9.17) is 22.8 Å². The highest BCUT2D eigenvalue weighted by molar-refractivity contribution is 6.60. The lowest BCUT2D eigenvalue weighted by atomic mass is 10.1. The average molecular weight is 264 g/mol. The van der Waals surface area contributed by atoms with Crippen molar-refractivity contribution in [2.24, 2.45) is 5.92 Å². The molecule has 0 saturated carbocycles. The topological polar surface area (TPSA) is 49.5 Å². The summed E-state index contributed by atoms with van der Waals surface area (Å²) in [5.74, 6) is 0.320. The van der Waals surface area contributed by atoms with Crippen LogP contribution < -0.4 is 0 Å². The summed E-state index contributed by atoms with van der Waals surface area (Å²) in [7, 11) is 2.41. The summed E-state index contributed by atoms with van der Waals surface area (Å²) in [5, 5.41) is 0. The summed E-state index contributed by atoms with van der Waals surface area (Å²) in [6, 6.07) is 0.753. The molecule has 0 spiro atoms. The molecule has 17 heavy (non-hydrogen) atoms. The van der Waals surface area contributed by atoms with Gasteiger partial charge >= 0.3 is 8.80 Å². The largest absolute Gasteiger partial charge is 0.500 e. The maximum Gasteiger partial charge on any atom is 0.500 e. The zero-order chi connectivity index (χ0) is 12.9. The van der Waals surface area contributed by atoms with Gasteiger partial charge in [0.25, 0.3) is 0 Å². The first kappa shape index (κ1) is 15.1. The van der Waals surface area contributed by atoms with E-state index < -0.39 is 8.80 Å². The van der Waals surface area contributed by atoms with Crippen LogP contribution in [0, 0.1) is 5.92 Å². The highest BCUT2D eigenvalue weighted by Gasteiger charge is 2.40. The molecule has 3 unspecified atom stereocenters. The number of hydrogen-bond acceptors (Lipinski definition) is 5. The fraction of sp³-hybridized carbons (Fsp3) is 1.00. The van der Waals surface area contributed by atoms with E-state index >= 15 is 0 Å². The Kier molecular flexibility index (Phi) is 6.05. The summed E-state index contributed by atoms with van der Waals surface area (Å²) in [6.45, 7) is 5.69. The highest BCUT2D eigenvalue weighted by atomic mass is 28.4. The van der Waals surface area contributed by atoms with E-state index in [0.29, 0.717) is 18.6 Å². The molecule has 5 nitrogen and oxygen atoms in total. The van der Waals surface area contributed by atoms with E-state index in [1.807, 2.05) is 0 Å². The lowest BCUT2D eigenvalue weighted by Gasteiger charge is -2.29. The van der Waals surface area contributed by atoms with Crippen molar-refractivity contribution in [1.82, 2.24) is 0 Å². The molecule has 0 amide bonds. The van der Waals surface area contributed by atoms with Crippen molar-refractivity contribution in [2.75, 3.05) is 34.5 Å². The summed E-state index contributed by atoms with van der Waals surface area (Å²) in [5.41, 5.74) is 0. The van der Waals surface area contributed by atoms with Gasteiger partial charge in [-0.2, -0.15) is 0 Å². The van der Waals surface area contributed by atoms with Gasteiger partial charge in [-0.05, 0) is 12.8 Å². The monoisotopic (exact) mass is 264 g/mol. The van der Waals surface area contributed by atoms with Crippen LogP contribution >= 0.6 is 0 Å². The minimum atomic E-state index is -2.50. The van der Waals surface area contributed by atoms with Gasteiger partial charge < -0.3 is 22.8 Å². The third-order valence-corrected chi connectivity index (χ3v) is 6.26. The molecule has 3 atom stereocenters. The molecule has 0 aliphatic carbocycles. The molecule has 1 saturated heterocycles. The van der Waals surface area contributed by atoms with Crippen molar-refractivity contribution in [2.45, 2.75) is 32.1 Å². The first-order chi connectivity index (χ1) is 8.06. The van der Waals surface area contributed by atoms with E-state index in [9.17, 15) is 0 Å². The second-order valence-electron chi connectivity index (χ2n) is 4.47. The van der Waals surface area contributed by atoms with E-state index in [-0.39, 0.29) is 6.10 Å². The fourth-order valence-electron chi connectivity index (χ4n) is 1.65. The van der Waals surface area contributed by atoms with Crippen molar-refractivity contribution in [3.8, 4) is 0 Å². The Morgan fingerprint density at radius 3 is 2.12 bits per heavy atom. The number of rotatable bonds is 9. The molecule has 0 aromatic heterocycles. The van der Waals surface area contributed by atoms with Crippen molar-refractivity contribution in [3.63, 3.8) is 0 Å². The molecular formula is C11H24O5Si. The van der Waals surface area contributed by atoms with E-state index in [0.717, 1.165) is 12.7 Å². The molecule has 0 N–H and O–H groups in total.